The number of sulfonamides is 2. The van der Waals surface area contributed by atoms with Crippen molar-refractivity contribution in [3.63, 3.8) is 0 Å². The van der Waals surface area contributed by atoms with Crippen molar-refractivity contribution in [3.05, 3.63) is 72.5 Å². The molecule has 4 rings (SSSR count). The summed E-state index contributed by atoms with van der Waals surface area (Å²) in [4.78, 5) is -0.0493. The van der Waals surface area contributed by atoms with Gasteiger partial charge < -0.3 is 14.6 Å². The second kappa shape index (κ2) is 11.8. The zero-order valence-corrected chi connectivity index (χ0v) is 24.3. The molecule has 0 saturated carbocycles. The van der Waals surface area contributed by atoms with Crippen molar-refractivity contribution in [1.82, 2.24) is 8.61 Å². The van der Waals surface area contributed by atoms with Gasteiger partial charge in [0.1, 0.15) is 28.3 Å². The fraction of sp³-hybridized carbons (Fsp3) is 0.357. The van der Waals surface area contributed by atoms with Crippen molar-refractivity contribution in [2.75, 3.05) is 33.9 Å². The molecule has 0 spiro atoms. The van der Waals surface area contributed by atoms with Crippen molar-refractivity contribution in [3.8, 4) is 22.6 Å². The van der Waals surface area contributed by atoms with Gasteiger partial charge in [-0.3, -0.25) is 0 Å². The Balaban J connectivity index is 1.76. The number of aliphatic hydroxyl groups excluding tert-OH is 1. The molecule has 3 aromatic carbocycles. The first kappa shape index (κ1) is 29.9. The Morgan fingerprint density at radius 3 is 2.42 bits per heavy atom. The van der Waals surface area contributed by atoms with Crippen molar-refractivity contribution < 1.29 is 35.8 Å². The van der Waals surface area contributed by atoms with E-state index < -0.39 is 50.5 Å². The van der Waals surface area contributed by atoms with Crippen LogP contribution in [0.1, 0.15) is 13.8 Å². The molecule has 40 heavy (non-hydrogen) atoms. The maximum atomic E-state index is 13.9. The molecule has 0 aliphatic carbocycles. The smallest absolute Gasteiger partial charge is 0.247 e. The first-order valence-electron chi connectivity index (χ1n) is 12.7. The molecule has 12 heteroatoms. The largest absolute Gasteiger partial charge is 0.497 e. The lowest BCUT2D eigenvalue weighted by Crippen LogP contribution is -2.50. The monoisotopic (exact) mass is 592 g/mol. The van der Waals surface area contributed by atoms with E-state index in [4.69, 9.17) is 9.47 Å². The summed E-state index contributed by atoms with van der Waals surface area (Å²) in [5.74, 6) is -0.381. The van der Waals surface area contributed by atoms with Gasteiger partial charge in [0, 0.05) is 25.6 Å². The highest BCUT2D eigenvalue weighted by atomic mass is 32.2. The molecule has 0 amide bonds. The highest BCUT2D eigenvalue weighted by Crippen LogP contribution is 2.37. The second-order valence-electron chi connectivity index (χ2n) is 9.87. The van der Waals surface area contributed by atoms with Gasteiger partial charge in [0.25, 0.3) is 0 Å². The van der Waals surface area contributed by atoms with E-state index in [0.29, 0.717) is 16.9 Å². The van der Waals surface area contributed by atoms with Gasteiger partial charge in [0.05, 0.1) is 25.2 Å². The van der Waals surface area contributed by atoms with Gasteiger partial charge in [-0.2, -0.15) is 8.61 Å². The number of rotatable bonds is 8. The number of nitrogens with zero attached hydrogens (tertiary/aromatic N) is 2. The normalized spacial score (nSPS) is 20.2. The fourth-order valence-electron chi connectivity index (χ4n) is 4.57. The van der Waals surface area contributed by atoms with Gasteiger partial charge in [-0.15, -0.1) is 0 Å². The van der Waals surface area contributed by atoms with E-state index in [0.717, 1.165) is 0 Å². The molecular weight excluding hydrogens is 559 g/mol. The van der Waals surface area contributed by atoms with Crippen LogP contribution in [0.2, 0.25) is 0 Å². The van der Waals surface area contributed by atoms with Gasteiger partial charge in [0.2, 0.25) is 20.0 Å². The topological polar surface area (TPSA) is 113 Å². The van der Waals surface area contributed by atoms with E-state index in [9.17, 15) is 26.3 Å². The zero-order valence-electron chi connectivity index (χ0n) is 22.7. The second-order valence-corrected chi connectivity index (χ2v) is 13.8. The van der Waals surface area contributed by atoms with Crippen molar-refractivity contribution in [2.45, 2.75) is 35.8 Å². The maximum absolute atomic E-state index is 13.9. The Morgan fingerprint density at radius 1 is 1.12 bits per heavy atom. The molecule has 1 N–H and O–H groups in total. The SMILES string of the molecule is COc1ccc(S(=O)(=O)N(C)C[C@@H]2Oc3cc(-c4cccc(F)c4)ccc3S(=O)(=O)N([C@@H](C)CO)C[C@H]2C)cc1. The van der Waals surface area contributed by atoms with Crippen molar-refractivity contribution in [1.29, 1.82) is 0 Å². The van der Waals surface area contributed by atoms with E-state index in [1.165, 1.54) is 59.2 Å². The molecule has 3 aromatic rings. The Morgan fingerprint density at radius 2 is 1.80 bits per heavy atom. The number of hydrogen-bond donors (Lipinski definition) is 1. The third-order valence-corrected chi connectivity index (χ3v) is 10.9. The molecule has 0 aromatic heterocycles. The Labute approximate surface area is 234 Å². The van der Waals surface area contributed by atoms with Gasteiger partial charge >= 0.3 is 0 Å². The van der Waals surface area contributed by atoms with Crippen LogP contribution in [0.25, 0.3) is 11.1 Å². The zero-order chi connectivity index (χ0) is 29.2. The number of hydrogen-bond acceptors (Lipinski definition) is 7. The lowest BCUT2D eigenvalue weighted by Gasteiger charge is -2.37. The molecule has 0 saturated heterocycles. The Bertz CT molecular complexity index is 1560. The number of benzene rings is 3. The van der Waals surface area contributed by atoms with Gasteiger partial charge in [-0.05, 0) is 66.6 Å². The van der Waals surface area contributed by atoms with E-state index >= 15 is 0 Å². The molecular formula is C28H33FN2O7S2. The highest BCUT2D eigenvalue weighted by molar-refractivity contribution is 7.89. The highest BCUT2D eigenvalue weighted by Gasteiger charge is 2.39. The van der Waals surface area contributed by atoms with Crippen LogP contribution in [0.5, 0.6) is 11.5 Å². The third-order valence-electron chi connectivity index (χ3n) is 7.03. The summed E-state index contributed by atoms with van der Waals surface area (Å²) in [6.07, 6.45) is -0.761. The molecule has 0 unspecified atom stereocenters. The minimum atomic E-state index is -4.09. The van der Waals surface area contributed by atoms with Crippen LogP contribution >= 0.6 is 0 Å². The van der Waals surface area contributed by atoms with Gasteiger partial charge in [-0.1, -0.05) is 25.1 Å². The van der Waals surface area contributed by atoms with Crippen LogP contribution in [-0.2, 0) is 20.0 Å². The minimum Gasteiger partial charge on any atom is -0.497 e. The minimum absolute atomic E-state index is 0.00373. The Hall–Kier alpha value is -3.03. The van der Waals surface area contributed by atoms with Crippen LogP contribution in [0, 0.1) is 11.7 Å². The number of likely N-dealkylation sites (N-methyl/N-ethyl adjacent to an activating group) is 1. The summed E-state index contributed by atoms with van der Waals surface area (Å²) in [6, 6.07) is 15.6. The number of methoxy groups -OCH3 is 1. The third kappa shape index (κ3) is 6.01. The van der Waals surface area contributed by atoms with E-state index in [2.05, 4.69) is 0 Å². The summed E-state index contributed by atoms with van der Waals surface area (Å²) in [7, 11) is -5.09. The van der Waals surface area contributed by atoms with Crippen LogP contribution in [0.15, 0.2) is 76.5 Å². The predicted molar refractivity (Wildman–Crippen MR) is 149 cm³/mol. The molecule has 216 valence electrons. The summed E-state index contributed by atoms with van der Waals surface area (Å²) < 4.78 is 81.9. The molecule has 0 bridgehead atoms. The predicted octanol–water partition coefficient (Wildman–Crippen LogP) is 3.59. The van der Waals surface area contributed by atoms with Crippen LogP contribution in [0.3, 0.4) is 0 Å². The average molecular weight is 593 g/mol. The molecule has 1 aliphatic rings. The fourth-order valence-corrected chi connectivity index (χ4v) is 7.58. The van der Waals surface area contributed by atoms with Crippen LogP contribution in [0.4, 0.5) is 4.39 Å². The van der Waals surface area contributed by atoms with Crippen molar-refractivity contribution >= 4 is 20.0 Å². The van der Waals surface area contributed by atoms with Crippen molar-refractivity contribution in [2.24, 2.45) is 5.92 Å². The number of aliphatic hydroxyl groups is 1. The Kier molecular flexibility index (Phi) is 8.86. The number of fused-ring (bicyclic) bond motifs is 1. The molecule has 0 radical (unpaired) electrons. The number of halogens is 1. The molecule has 9 nitrogen and oxygen atoms in total. The summed E-state index contributed by atoms with van der Waals surface area (Å²) in [5.41, 5.74) is 1.05. The average Bonchev–Trinajstić information content (AvgIpc) is 2.94. The van der Waals surface area contributed by atoms with Crippen LogP contribution < -0.4 is 9.47 Å². The standard InChI is InChI=1S/C28H33FN2O7S2/c1-19-16-31(20(2)18-32)40(35,36)28-13-8-22(21-6-5-7-23(29)14-21)15-26(28)38-27(19)17-30(3)39(33,34)25-11-9-24(37-4)10-12-25/h5-15,19-20,27,32H,16-18H2,1-4H3/t19-,20+,27+/m1/s1. The maximum Gasteiger partial charge on any atom is 0.247 e. The molecule has 3 atom stereocenters. The summed E-state index contributed by atoms with van der Waals surface area (Å²) >= 11 is 0. The first-order valence-corrected chi connectivity index (χ1v) is 15.6. The first-order chi connectivity index (χ1) is 18.9. The van der Waals surface area contributed by atoms with Gasteiger partial charge in [0.15, 0.2) is 0 Å². The summed E-state index contributed by atoms with van der Waals surface area (Å²) in [5, 5.41) is 9.85. The van der Waals surface area contributed by atoms with E-state index in [-0.39, 0.29) is 28.6 Å². The summed E-state index contributed by atoms with van der Waals surface area (Å²) in [6.45, 7) is 2.88. The number of ether oxygens (including phenoxy) is 2. The molecule has 1 aliphatic heterocycles. The van der Waals surface area contributed by atoms with Gasteiger partial charge in [-0.25, -0.2) is 21.2 Å². The van der Waals surface area contributed by atoms with E-state index in [1.807, 2.05) is 0 Å². The lowest BCUT2D eigenvalue weighted by molar-refractivity contribution is 0.0905. The molecule has 0 fully saturated rings. The lowest BCUT2D eigenvalue weighted by atomic mass is 10.0. The molecule has 1 heterocycles. The van der Waals surface area contributed by atoms with E-state index in [1.54, 1.807) is 44.2 Å². The quantitative estimate of drug-likeness (QED) is 0.425. The van der Waals surface area contributed by atoms with Crippen LogP contribution in [-0.4, -0.2) is 76.6 Å².